The smallest absolute Gasteiger partial charge is 0.335 e. The lowest BCUT2D eigenvalue weighted by Gasteiger charge is -2.70. The van der Waals surface area contributed by atoms with E-state index in [-0.39, 0.29) is 40.3 Å². The second kappa shape index (κ2) is 17.8. The van der Waals surface area contributed by atoms with Crippen molar-refractivity contribution in [2.24, 2.45) is 50.2 Å². The van der Waals surface area contributed by atoms with Gasteiger partial charge in [-0.2, -0.15) is 0 Å². The number of ether oxygens (including phenoxy) is 7. The van der Waals surface area contributed by atoms with Crippen LogP contribution in [0.2, 0.25) is 0 Å². The Morgan fingerprint density at radius 3 is 2.04 bits per heavy atom. The molecule has 3 heterocycles. The highest BCUT2D eigenvalue weighted by atomic mass is 16.8. The van der Waals surface area contributed by atoms with E-state index in [1.54, 1.807) is 0 Å². The van der Waals surface area contributed by atoms with Gasteiger partial charge in [-0.25, -0.2) is 4.79 Å². The van der Waals surface area contributed by atoms with Gasteiger partial charge in [-0.1, -0.05) is 47.1 Å². The van der Waals surface area contributed by atoms with Crippen molar-refractivity contribution >= 4 is 17.7 Å². The fourth-order valence-electron chi connectivity index (χ4n) is 14.8. The van der Waals surface area contributed by atoms with Gasteiger partial charge in [-0.3, -0.25) is 9.59 Å². The molecule has 3 saturated heterocycles. The number of carboxylic acid groups (broad SMARTS) is 1. The molecule has 8 rings (SSSR count). The lowest BCUT2D eigenvalue weighted by molar-refractivity contribution is -0.392. The first-order valence-corrected chi connectivity index (χ1v) is 24.1. The van der Waals surface area contributed by atoms with Gasteiger partial charge in [0.25, 0.3) is 0 Å². The van der Waals surface area contributed by atoms with Crippen LogP contribution in [-0.2, 0) is 47.5 Å². The van der Waals surface area contributed by atoms with Crippen LogP contribution >= 0.6 is 0 Å². The maximum Gasteiger partial charge on any atom is 0.335 e. The SMILES string of the molecule is COC(=O)[C@@]1(C)CC[C@]2(C)CC[C@]3(C)C(=CC(=O)[C@@H]4[C@@]5(C)CC[C@H](O[C@@H]6O[C@H](C(=O)O)[C@@H](O)[C@H](O[C@@H]7OC[C@@H](O)[C@H](O)[C@H]7O)[C@H]6O[C@@H]6O[C@H](CO)[C@H](O)[C@H](O)[C@H]6O)C(C)(C)[C@@H]5CC[C@]43C)[C@@H]2C1. The number of ketones is 1. The lowest BCUT2D eigenvalue weighted by atomic mass is 9.33. The summed E-state index contributed by atoms with van der Waals surface area (Å²) in [6.07, 6.45) is -17.6. The van der Waals surface area contributed by atoms with Gasteiger partial charge in [0, 0.05) is 5.92 Å². The first-order chi connectivity index (χ1) is 31.2. The van der Waals surface area contributed by atoms with Crippen LogP contribution in [0.3, 0.4) is 0 Å². The summed E-state index contributed by atoms with van der Waals surface area (Å²) in [6, 6.07) is 0. The van der Waals surface area contributed by atoms with Gasteiger partial charge in [0.1, 0.15) is 61.0 Å². The largest absolute Gasteiger partial charge is 0.479 e. The number of methoxy groups -OCH3 is 1. The number of esters is 1. The summed E-state index contributed by atoms with van der Waals surface area (Å²) in [5, 5.41) is 95.7. The van der Waals surface area contributed by atoms with Gasteiger partial charge in [0.05, 0.1) is 31.8 Å². The third-order valence-corrected chi connectivity index (χ3v) is 19.1. The maximum atomic E-state index is 15.1. The number of allylic oxidation sites excluding steroid dienone is 2. The van der Waals surface area contributed by atoms with Crippen molar-refractivity contribution in [1.82, 2.24) is 0 Å². The summed E-state index contributed by atoms with van der Waals surface area (Å²) in [5.74, 6) is -2.20. The Labute approximate surface area is 391 Å². The molecule has 7 fully saturated rings. The van der Waals surface area contributed by atoms with Crippen molar-refractivity contribution in [2.75, 3.05) is 20.3 Å². The Hall–Kier alpha value is -2.21. The molecule has 0 bridgehead atoms. The molecule has 0 amide bonds. The Kier molecular flexibility index (Phi) is 13.6. The second-order valence-electron chi connectivity index (χ2n) is 23.1. The third kappa shape index (κ3) is 7.97. The molecule has 9 N–H and O–H groups in total. The second-order valence-corrected chi connectivity index (χ2v) is 23.1. The molecule has 0 spiro atoms. The average Bonchev–Trinajstić information content (AvgIpc) is 3.27. The molecule has 8 aliphatic rings. The number of carbonyl (C=O) groups is 3. The van der Waals surface area contributed by atoms with E-state index in [1.165, 1.54) is 7.11 Å². The summed E-state index contributed by atoms with van der Waals surface area (Å²) in [7, 11) is 1.43. The van der Waals surface area contributed by atoms with Gasteiger partial charge in [0.15, 0.2) is 30.8 Å². The number of aliphatic carboxylic acids is 1. The van der Waals surface area contributed by atoms with Gasteiger partial charge in [-0.05, 0) is 110 Å². The number of carboxylic acids is 1. The number of rotatable bonds is 9. The molecule has 19 heteroatoms. The minimum atomic E-state index is -2.08. The predicted molar refractivity (Wildman–Crippen MR) is 230 cm³/mol. The molecular formula is C48H74O19. The summed E-state index contributed by atoms with van der Waals surface area (Å²) < 4.78 is 41.5. The van der Waals surface area contributed by atoms with Gasteiger partial charge < -0.3 is 79.1 Å². The summed E-state index contributed by atoms with van der Waals surface area (Å²) in [4.78, 5) is 41.0. The molecule has 0 aromatic rings. The average molecular weight is 955 g/mol. The number of aliphatic hydroxyl groups excluding tert-OH is 8. The first kappa shape index (κ1) is 51.2. The zero-order chi connectivity index (χ0) is 49.1. The minimum Gasteiger partial charge on any atom is -0.479 e. The molecule has 0 aromatic heterocycles. The number of hydrogen-bond acceptors (Lipinski definition) is 18. The maximum absolute atomic E-state index is 15.1. The van der Waals surface area contributed by atoms with Crippen molar-refractivity contribution < 1.29 is 93.5 Å². The van der Waals surface area contributed by atoms with Crippen LogP contribution in [0.25, 0.3) is 0 Å². The molecule has 0 unspecified atom stereocenters. The van der Waals surface area contributed by atoms with E-state index in [0.29, 0.717) is 19.3 Å². The fraction of sp³-hybridized carbons (Fsp3) is 0.896. The quantitative estimate of drug-likeness (QED) is 0.114. The van der Waals surface area contributed by atoms with Crippen molar-refractivity contribution in [3.8, 4) is 0 Å². The monoisotopic (exact) mass is 954 g/mol. The van der Waals surface area contributed by atoms with Crippen LogP contribution < -0.4 is 0 Å². The molecular weight excluding hydrogens is 881 g/mol. The van der Waals surface area contributed by atoms with E-state index in [4.69, 9.17) is 33.2 Å². The molecule has 5 aliphatic carbocycles. The van der Waals surface area contributed by atoms with Gasteiger partial charge in [0.2, 0.25) is 0 Å². The van der Waals surface area contributed by atoms with Crippen molar-refractivity contribution in [2.45, 2.75) is 198 Å². The normalized spacial score (nSPS) is 53.0. The van der Waals surface area contributed by atoms with E-state index in [9.17, 15) is 55.5 Å². The molecule has 23 atom stereocenters. The Morgan fingerprint density at radius 2 is 1.39 bits per heavy atom. The van der Waals surface area contributed by atoms with Crippen molar-refractivity contribution in [3.05, 3.63) is 11.6 Å². The van der Waals surface area contributed by atoms with Crippen LogP contribution in [0.5, 0.6) is 0 Å². The third-order valence-electron chi connectivity index (χ3n) is 19.1. The van der Waals surface area contributed by atoms with E-state index in [0.717, 1.165) is 44.1 Å². The first-order valence-electron chi connectivity index (χ1n) is 24.1. The highest BCUT2D eigenvalue weighted by Crippen LogP contribution is 2.75. The molecule has 3 aliphatic heterocycles. The van der Waals surface area contributed by atoms with Crippen LogP contribution in [0.1, 0.15) is 106 Å². The number of carbonyl (C=O) groups excluding carboxylic acids is 2. The van der Waals surface area contributed by atoms with Crippen molar-refractivity contribution in [3.63, 3.8) is 0 Å². The molecule has 380 valence electrons. The molecule has 67 heavy (non-hydrogen) atoms. The summed E-state index contributed by atoms with van der Waals surface area (Å²) in [5.41, 5.74) is -1.58. The van der Waals surface area contributed by atoms with E-state index in [1.807, 2.05) is 26.8 Å². The standard InChI is InChI=1S/C48H74O19/c1-43(2)26-9-12-48(7)37(23(50)17-21-22-18-45(4,42(60)61-8)14-13-44(22,3)15-16-47(21,48)6)46(26,5)11-10-27(43)64-41-36(67-40-32(56)30(54)29(53)25(19-49)63-40)34(33(57)35(66-41)38(58)59)65-39-31(55)28(52)24(51)20-62-39/h17,22,24-37,39-41,49,51-57H,9-16,18-20H2,1-8H3,(H,58,59)/t22-,24+,25+,26-,27-,28-,29-,30-,31+,32+,33-,34-,35-,36+,37+,39-,40-,41+,44+,45-,46-,47+,48+/m0/s1. The Balaban J connectivity index is 1.11. The topological polar surface area (TPSA) is 298 Å². The van der Waals surface area contributed by atoms with Crippen LogP contribution in [0, 0.1) is 50.2 Å². The van der Waals surface area contributed by atoms with Gasteiger partial charge >= 0.3 is 11.9 Å². The number of aliphatic hydroxyl groups is 8. The number of hydrogen-bond donors (Lipinski definition) is 9. The lowest BCUT2D eigenvalue weighted by Crippen LogP contribution is -2.69. The van der Waals surface area contributed by atoms with Crippen molar-refractivity contribution in [1.29, 1.82) is 0 Å². The fourth-order valence-corrected chi connectivity index (χ4v) is 14.8. The summed E-state index contributed by atoms with van der Waals surface area (Å²) >= 11 is 0. The van der Waals surface area contributed by atoms with Gasteiger partial charge in [-0.15, -0.1) is 0 Å². The zero-order valence-electron chi connectivity index (χ0n) is 39.9. The molecule has 0 aromatic carbocycles. The minimum absolute atomic E-state index is 0.0381. The Morgan fingerprint density at radius 1 is 0.731 bits per heavy atom. The molecule has 0 radical (unpaired) electrons. The van der Waals surface area contributed by atoms with Crippen LogP contribution in [0.4, 0.5) is 0 Å². The highest BCUT2D eigenvalue weighted by Gasteiger charge is 2.71. The summed E-state index contributed by atoms with van der Waals surface area (Å²) in [6.45, 7) is 13.9. The van der Waals surface area contributed by atoms with E-state index < -0.39 is 133 Å². The Bertz CT molecular complexity index is 1930. The zero-order valence-corrected chi connectivity index (χ0v) is 39.9. The number of fused-ring (bicyclic) bond motifs is 7. The highest BCUT2D eigenvalue weighted by molar-refractivity contribution is 5.95. The molecule has 19 nitrogen and oxygen atoms in total. The van der Waals surface area contributed by atoms with Crippen LogP contribution in [-0.4, -0.2) is 176 Å². The van der Waals surface area contributed by atoms with E-state index in [2.05, 4.69) is 27.7 Å². The molecule has 4 saturated carbocycles. The van der Waals surface area contributed by atoms with Crippen LogP contribution in [0.15, 0.2) is 11.6 Å². The van der Waals surface area contributed by atoms with E-state index >= 15 is 4.79 Å². The predicted octanol–water partition coefficient (Wildman–Crippen LogP) is 0.705.